The number of hydrogen-bond acceptors (Lipinski definition) is 2. The van der Waals surface area contributed by atoms with Crippen LogP contribution in [0.15, 0.2) is 24.3 Å². The summed E-state index contributed by atoms with van der Waals surface area (Å²) in [6, 6.07) is 7.65. The summed E-state index contributed by atoms with van der Waals surface area (Å²) in [5.41, 5.74) is 1.90. The van der Waals surface area contributed by atoms with Gasteiger partial charge in [0, 0.05) is 5.88 Å². The van der Waals surface area contributed by atoms with Gasteiger partial charge in [-0.25, -0.2) is 8.42 Å². The molecule has 0 aliphatic rings. The number of sulfone groups is 1. The molecule has 0 bridgehead atoms. The molecule has 1 aromatic carbocycles. The van der Waals surface area contributed by atoms with Crippen LogP contribution in [0.2, 0.25) is 0 Å². The van der Waals surface area contributed by atoms with Crippen LogP contribution in [0.4, 0.5) is 5.69 Å². The van der Waals surface area contributed by atoms with Crippen molar-refractivity contribution < 1.29 is 8.42 Å². The van der Waals surface area contributed by atoms with E-state index in [-0.39, 0.29) is 17.4 Å². The molecule has 0 fully saturated rings. The van der Waals surface area contributed by atoms with Crippen molar-refractivity contribution in [1.82, 2.24) is 5.32 Å². The monoisotopic (exact) mass is 260 g/mol. The summed E-state index contributed by atoms with van der Waals surface area (Å²) in [5.74, 6) is 0.235. The maximum Gasteiger partial charge on any atom is 0.153 e. The van der Waals surface area contributed by atoms with Gasteiger partial charge in [-0.3, -0.25) is 5.32 Å². The largest absolute Gasteiger partial charge is 0.284 e. The molecule has 3 nitrogen and oxygen atoms in total. The first-order valence-electron chi connectivity index (χ1n) is 5.05. The highest BCUT2D eigenvalue weighted by Crippen LogP contribution is 2.12. The van der Waals surface area contributed by atoms with E-state index in [2.05, 4.69) is 5.32 Å². The molecule has 5 heteroatoms. The number of hydrogen-bond donors (Lipinski definition) is 0. The molecule has 0 aromatic heterocycles. The van der Waals surface area contributed by atoms with Gasteiger partial charge >= 0.3 is 0 Å². The van der Waals surface area contributed by atoms with Crippen LogP contribution in [0, 0.1) is 6.92 Å². The van der Waals surface area contributed by atoms with E-state index in [0.717, 1.165) is 11.3 Å². The molecule has 0 unspecified atom stereocenters. The Morgan fingerprint density at radius 2 is 1.94 bits per heavy atom. The predicted molar refractivity (Wildman–Crippen MR) is 67.2 cm³/mol. The lowest BCUT2D eigenvalue weighted by Gasteiger charge is -2.06. The molecular formula is C11H15ClNO2S. The van der Waals surface area contributed by atoms with E-state index in [9.17, 15) is 8.42 Å². The average molecular weight is 261 g/mol. The third-order valence-electron chi connectivity index (χ3n) is 2.19. The smallest absolute Gasteiger partial charge is 0.153 e. The Kier molecular flexibility index (Phi) is 5.09. The summed E-state index contributed by atoms with van der Waals surface area (Å²) >= 11 is 5.40. The van der Waals surface area contributed by atoms with Gasteiger partial charge in [0.2, 0.25) is 0 Å². The minimum atomic E-state index is -3.04. The molecule has 0 aliphatic heterocycles. The molecule has 1 rings (SSSR count). The molecule has 0 N–H and O–H groups in total. The number of para-hydroxylation sites is 1. The summed E-state index contributed by atoms with van der Waals surface area (Å²) in [4.78, 5) is 0. The number of aryl methyl sites for hydroxylation is 1. The Balaban J connectivity index is 2.45. The molecule has 0 amide bonds. The predicted octanol–water partition coefficient (Wildman–Crippen LogP) is 1.88. The van der Waals surface area contributed by atoms with E-state index < -0.39 is 9.84 Å². The average Bonchev–Trinajstić information content (AvgIpc) is 2.20. The second-order valence-corrected chi connectivity index (χ2v) is 6.19. The zero-order valence-corrected chi connectivity index (χ0v) is 10.8. The van der Waals surface area contributed by atoms with E-state index >= 15 is 0 Å². The first-order chi connectivity index (χ1) is 7.55. The van der Waals surface area contributed by atoms with Crippen LogP contribution in [-0.4, -0.2) is 32.3 Å². The third-order valence-corrected chi connectivity index (χ3v) is 4.23. The van der Waals surface area contributed by atoms with Crippen LogP contribution in [0.1, 0.15) is 5.56 Å². The van der Waals surface area contributed by atoms with Crippen molar-refractivity contribution >= 4 is 27.1 Å². The van der Waals surface area contributed by atoms with E-state index in [1.807, 2.05) is 31.2 Å². The van der Waals surface area contributed by atoms with Crippen LogP contribution in [0.5, 0.6) is 0 Å². The molecule has 0 atom stereocenters. The van der Waals surface area contributed by atoms with Gasteiger partial charge in [0.1, 0.15) is 0 Å². The number of nitrogens with zero attached hydrogens (tertiary/aromatic N) is 1. The number of benzene rings is 1. The Labute approximate surface area is 102 Å². The van der Waals surface area contributed by atoms with Gasteiger partial charge in [-0.2, -0.15) is 0 Å². The lowest BCUT2D eigenvalue weighted by molar-refractivity contribution is 0.595. The molecule has 0 saturated carbocycles. The lowest BCUT2D eigenvalue weighted by Crippen LogP contribution is -2.18. The molecule has 0 heterocycles. The van der Waals surface area contributed by atoms with E-state index in [0.29, 0.717) is 6.54 Å². The number of halogens is 1. The Morgan fingerprint density at radius 3 is 2.56 bits per heavy atom. The summed E-state index contributed by atoms with van der Waals surface area (Å²) in [7, 11) is -3.04. The highest BCUT2D eigenvalue weighted by Gasteiger charge is 2.09. The highest BCUT2D eigenvalue weighted by molar-refractivity contribution is 7.91. The van der Waals surface area contributed by atoms with Crippen LogP contribution in [-0.2, 0) is 9.84 Å². The van der Waals surface area contributed by atoms with Crippen LogP contribution in [0.25, 0.3) is 0 Å². The number of rotatable bonds is 6. The van der Waals surface area contributed by atoms with Crippen molar-refractivity contribution in [2.45, 2.75) is 6.92 Å². The van der Waals surface area contributed by atoms with Gasteiger partial charge in [-0.15, -0.1) is 11.6 Å². The summed E-state index contributed by atoms with van der Waals surface area (Å²) in [6.45, 7) is 2.25. The molecule has 0 saturated heterocycles. The molecular weight excluding hydrogens is 246 g/mol. The van der Waals surface area contributed by atoms with Gasteiger partial charge in [0.05, 0.1) is 23.7 Å². The van der Waals surface area contributed by atoms with Gasteiger partial charge in [0.25, 0.3) is 0 Å². The minimum Gasteiger partial charge on any atom is -0.284 e. The SMILES string of the molecule is Cc1ccccc1[N]CCS(=O)(=O)CCCl. The van der Waals surface area contributed by atoms with Crippen molar-refractivity contribution in [2.75, 3.05) is 23.9 Å². The standard InChI is InChI=1S/C11H15ClNO2S/c1-10-4-2-3-5-11(10)13-7-9-16(14,15)8-6-12/h2-5H,6-9H2,1H3. The molecule has 0 aliphatic carbocycles. The quantitative estimate of drug-likeness (QED) is 0.734. The van der Waals surface area contributed by atoms with E-state index in [4.69, 9.17) is 11.6 Å². The van der Waals surface area contributed by atoms with E-state index in [1.165, 1.54) is 0 Å². The zero-order chi connectivity index (χ0) is 12.0. The van der Waals surface area contributed by atoms with Crippen molar-refractivity contribution in [1.29, 1.82) is 0 Å². The Hall–Kier alpha value is -0.740. The van der Waals surface area contributed by atoms with Gasteiger partial charge in [-0.05, 0) is 18.6 Å². The van der Waals surface area contributed by atoms with E-state index in [1.54, 1.807) is 0 Å². The van der Waals surface area contributed by atoms with Crippen molar-refractivity contribution in [3.63, 3.8) is 0 Å². The fourth-order valence-electron chi connectivity index (χ4n) is 1.27. The topological polar surface area (TPSA) is 48.2 Å². The first kappa shape index (κ1) is 13.3. The first-order valence-corrected chi connectivity index (χ1v) is 7.40. The van der Waals surface area contributed by atoms with Crippen LogP contribution >= 0.6 is 11.6 Å². The van der Waals surface area contributed by atoms with Crippen molar-refractivity contribution in [3.05, 3.63) is 29.8 Å². The number of alkyl halides is 1. The summed E-state index contributed by atoms with van der Waals surface area (Å²) in [5, 5.41) is 4.25. The third kappa shape index (κ3) is 4.41. The maximum absolute atomic E-state index is 11.4. The van der Waals surface area contributed by atoms with Crippen molar-refractivity contribution in [2.24, 2.45) is 0 Å². The van der Waals surface area contributed by atoms with Gasteiger partial charge in [-0.1, -0.05) is 18.2 Å². The lowest BCUT2D eigenvalue weighted by atomic mass is 10.2. The molecule has 89 valence electrons. The molecule has 16 heavy (non-hydrogen) atoms. The highest BCUT2D eigenvalue weighted by atomic mass is 35.5. The second kappa shape index (κ2) is 6.11. The Bertz CT molecular complexity index is 431. The zero-order valence-electron chi connectivity index (χ0n) is 9.19. The molecule has 1 aromatic rings. The molecule has 1 radical (unpaired) electrons. The van der Waals surface area contributed by atoms with Gasteiger partial charge in [0.15, 0.2) is 9.84 Å². The summed E-state index contributed by atoms with van der Waals surface area (Å²) in [6.07, 6.45) is 0. The van der Waals surface area contributed by atoms with Gasteiger partial charge < -0.3 is 0 Å². The Morgan fingerprint density at radius 1 is 1.25 bits per heavy atom. The fourth-order valence-corrected chi connectivity index (χ4v) is 2.78. The van der Waals surface area contributed by atoms with Crippen LogP contribution < -0.4 is 5.32 Å². The van der Waals surface area contributed by atoms with Crippen LogP contribution in [0.3, 0.4) is 0 Å². The van der Waals surface area contributed by atoms with Crippen molar-refractivity contribution in [3.8, 4) is 0 Å². The fraction of sp³-hybridized carbons (Fsp3) is 0.455. The normalized spacial score (nSPS) is 11.4. The minimum absolute atomic E-state index is 0.0256. The summed E-state index contributed by atoms with van der Waals surface area (Å²) < 4.78 is 22.7. The second-order valence-electron chi connectivity index (χ2n) is 3.51. The molecule has 0 spiro atoms. The maximum atomic E-state index is 11.4.